The normalized spacial score (nSPS) is 10.5. The number of hydrogen-bond donors (Lipinski definition) is 1. The molecule has 0 saturated heterocycles. The van der Waals surface area contributed by atoms with Crippen LogP contribution in [0.5, 0.6) is 0 Å². The average molecular weight is 208 g/mol. The molecule has 0 amide bonds. The highest BCUT2D eigenvalue weighted by Crippen LogP contribution is 2.09. The van der Waals surface area contributed by atoms with Crippen molar-refractivity contribution in [1.29, 1.82) is 0 Å². The van der Waals surface area contributed by atoms with E-state index in [4.69, 9.17) is 5.11 Å². The summed E-state index contributed by atoms with van der Waals surface area (Å²) in [5.74, 6) is -0.0220. The Labute approximate surface area is 85.2 Å². The van der Waals surface area contributed by atoms with Gasteiger partial charge in [0.25, 0.3) is 0 Å². The highest BCUT2D eigenvalue weighted by atomic mass is 19.1. The van der Waals surface area contributed by atoms with Gasteiger partial charge in [0.1, 0.15) is 5.69 Å². The molecule has 1 N–H and O–H groups in total. The molecule has 1 aromatic heterocycles. The van der Waals surface area contributed by atoms with Gasteiger partial charge in [-0.3, -0.25) is 0 Å². The van der Waals surface area contributed by atoms with Gasteiger partial charge in [-0.2, -0.15) is 0 Å². The number of aliphatic hydroxyl groups excluding tert-OH is 1. The summed E-state index contributed by atoms with van der Waals surface area (Å²) in [6.07, 6.45) is 0.314. The Hall–Kier alpha value is -1.82. The summed E-state index contributed by atoms with van der Waals surface area (Å²) in [4.78, 5) is 1.11. The molecule has 0 atom stereocenters. The summed E-state index contributed by atoms with van der Waals surface area (Å²) in [6, 6.07) is 6.15. The van der Waals surface area contributed by atoms with Gasteiger partial charge < -0.3 is 5.11 Å². The van der Waals surface area contributed by atoms with E-state index in [9.17, 15) is 4.39 Å². The molecule has 0 unspecified atom stereocenters. The van der Waals surface area contributed by atoms with Crippen molar-refractivity contribution in [3.8, 4) is 5.69 Å². The smallest absolute Gasteiger partial charge is 0.177 e. The average Bonchev–Trinajstić information content (AvgIpc) is 2.68. The van der Waals surface area contributed by atoms with Crippen LogP contribution < -0.4 is 0 Å². The minimum absolute atomic E-state index is 0.0526. The maximum absolute atomic E-state index is 13.3. The summed E-state index contributed by atoms with van der Waals surface area (Å²) in [6.45, 7) is -0.0526. The van der Waals surface area contributed by atoms with E-state index in [1.807, 2.05) is 0 Å². The fourth-order valence-corrected chi connectivity index (χ4v) is 1.16. The Morgan fingerprint density at radius 3 is 2.87 bits per heavy atom. The molecule has 1 heterocycles. The molecule has 0 spiro atoms. The number of aliphatic hydroxyl groups is 1. The molecule has 15 heavy (non-hydrogen) atoms. The van der Waals surface area contributed by atoms with Crippen LogP contribution >= 0.6 is 0 Å². The predicted molar refractivity (Wildman–Crippen MR) is 49.9 cm³/mol. The summed E-state index contributed by atoms with van der Waals surface area (Å²) in [5, 5.41) is 20.0. The second-order valence-electron chi connectivity index (χ2n) is 2.92. The zero-order valence-corrected chi connectivity index (χ0v) is 7.84. The van der Waals surface area contributed by atoms with E-state index in [2.05, 4.69) is 15.4 Å². The zero-order chi connectivity index (χ0) is 10.7. The van der Waals surface area contributed by atoms with E-state index in [0.29, 0.717) is 12.2 Å². The first-order valence-corrected chi connectivity index (χ1v) is 4.46. The van der Waals surface area contributed by atoms with Crippen LogP contribution in [0.1, 0.15) is 5.82 Å². The van der Waals surface area contributed by atoms with Crippen molar-refractivity contribution in [3.05, 3.63) is 35.9 Å². The SMILES string of the molecule is OCCc1nnn(-c2ccccc2F)n1. The molecule has 5 nitrogen and oxygen atoms in total. The van der Waals surface area contributed by atoms with Gasteiger partial charge in [-0.25, -0.2) is 4.39 Å². The van der Waals surface area contributed by atoms with E-state index in [1.54, 1.807) is 18.2 Å². The number of tetrazole rings is 1. The van der Waals surface area contributed by atoms with E-state index < -0.39 is 5.82 Å². The Bertz CT molecular complexity index is 457. The maximum Gasteiger partial charge on any atom is 0.177 e. The van der Waals surface area contributed by atoms with Gasteiger partial charge >= 0.3 is 0 Å². The minimum atomic E-state index is -0.412. The highest BCUT2D eigenvalue weighted by molar-refractivity contribution is 5.30. The van der Waals surface area contributed by atoms with Crippen molar-refractivity contribution in [2.45, 2.75) is 6.42 Å². The molecule has 0 bridgehead atoms. The summed E-state index contributed by atoms with van der Waals surface area (Å²) < 4.78 is 13.3. The molecule has 0 aliphatic rings. The fraction of sp³-hybridized carbons (Fsp3) is 0.222. The number of rotatable bonds is 3. The summed E-state index contributed by atoms with van der Waals surface area (Å²) >= 11 is 0. The van der Waals surface area contributed by atoms with Crippen LogP contribution in [-0.4, -0.2) is 31.9 Å². The second-order valence-corrected chi connectivity index (χ2v) is 2.92. The van der Waals surface area contributed by atoms with Gasteiger partial charge in [-0.05, 0) is 17.3 Å². The van der Waals surface area contributed by atoms with Crippen LogP contribution in [0.25, 0.3) is 5.69 Å². The molecular formula is C9H9FN4O. The number of halogens is 1. The molecule has 1 aromatic carbocycles. The summed E-state index contributed by atoms with van der Waals surface area (Å²) in [5.41, 5.74) is 0.245. The molecule has 0 fully saturated rings. The van der Waals surface area contributed by atoms with Gasteiger partial charge in [0.15, 0.2) is 11.6 Å². The van der Waals surface area contributed by atoms with Crippen molar-refractivity contribution >= 4 is 0 Å². The molecule has 0 saturated carbocycles. The Morgan fingerprint density at radius 1 is 1.33 bits per heavy atom. The van der Waals surface area contributed by atoms with E-state index in [1.165, 1.54) is 6.07 Å². The van der Waals surface area contributed by atoms with Crippen LogP contribution in [0, 0.1) is 5.82 Å². The minimum Gasteiger partial charge on any atom is -0.396 e. The lowest BCUT2D eigenvalue weighted by atomic mass is 10.3. The van der Waals surface area contributed by atoms with E-state index in [-0.39, 0.29) is 12.3 Å². The van der Waals surface area contributed by atoms with Crippen LogP contribution in [0.2, 0.25) is 0 Å². The largest absolute Gasteiger partial charge is 0.396 e. The lowest BCUT2D eigenvalue weighted by molar-refractivity contribution is 0.296. The summed E-state index contributed by atoms with van der Waals surface area (Å²) in [7, 11) is 0. The van der Waals surface area contributed by atoms with Crippen molar-refractivity contribution < 1.29 is 9.50 Å². The number of para-hydroxylation sites is 1. The third-order valence-corrected chi connectivity index (χ3v) is 1.86. The number of aromatic nitrogens is 4. The maximum atomic E-state index is 13.3. The van der Waals surface area contributed by atoms with E-state index >= 15 is 0 Å². The number of nitrogens with zero attached hydrogens (tertiary/aromatic N) is 4. The molecule has 0 aliphatic carbocycles. The fourth-order valence-electron chi connectivity index (χ4n) is 1.16. The van der Waals surface area contributed by atoms with Crippen molar-refractivity contribution in [1.82, 2.24) is 20.2 Å². The third kappa shape index (κ3) is 1.99. The molecule has 2 aromatic rings. The Morgan fingerprint density at radius 2 is 2.13 bits per heavy atom. The molecule has 6 heteroatoms. The first-order valence-electron chi connectivity index (χ1n) is 4.46. The van der Waals surface area contributed by atoms with E-state index in [0.717, 1.165) is 4.80 Å². The molecule has 0 aliphatic heterocycles. The van der Waals surface area contributed by atoms with Crippen molar-refractivity contribution in [3.63, 3.8) is 0 Å². The lowest BCUT2D eigenvalue weighted by Gasteiger charge is -1.98. The highest BCUT2D eigenvalue weighted by Gasteiger charge is 2.07. The van der Waals surface area contributed by atoms with Crippen LogP contribution in [0.15, 0.2) is 24.3 Å². The zero-order valence-electron chi connectivity index (χ0n) is 7.84. The standard InChI is InChI=1S/C9H9FN4O/c10-7-3-1-2-4-8(7)14-12-9(5-6-15)11-13-14/h1-4,15H,5-6H2. The first kappa shape index (κ1) is 9.72. The van der Waals surface area contributed by atoms with Crippen LogP contribution in [-0.2, 0) is 6.42 Å². The van der Waals surface area contributed by atoms with Gasteiger partial charge in [-0.1, -0.05) is 12.1 Å². The Balaban J connectivity index is 2.33. The van der Waals surface area contributed by atoms with Crippen molar-refractivity contribution in [2.75, 3.05) is 6.61 Å². The number of benzene rings is 1. The van der Waals surface area contributed by atoms with Gasteiger partial charge in [-0.15, -0.1) is 15.0 Å². The second kappa shape index (κ2) is 4.14. The number of hydrogen-bond acceptors (Lipinski definition) is 4. The monoisotopic (exact) mass is 208 g/mol. The molecule has 2 rings (SSSR count). The van der Waals surface area contributed by atoms with Crippen molar-refractivity contribution in [2.24, 2.45) is 0 Å². The van der Waals surface area contributed by atoms with Crippen LogP contribution in [0.3, 0.4) is 0 Å². The van der Waals surface area contributed by atoms with Gasteiger partial charge in [0.2, 0.25) is 0 Å². The van der Waals surface area contributed by atoms with Gasteiger partial charge in [0, 0.05) is 6.42 Å². The molecular weight excluding hydrogens is 199 g/mol. The van der Waals surface area contributed by atoms with Gasteiger partial charge in [0.05, 0.1) is 6.61 Å². The first-order chi connectivity index (χ1) is 7.31. The predicted octanol–water partition coefficient (Wildman–Crippen LogP) is 0.336. The molecule has 0 radical (unpaired) electrons. The topological polar surface area (TPSA) is 63.8 Å². The quantitative estimate of drug-likeness (QED) is 0.789. The third-order valence-electron chi connectivity index (χ3n) is 1.86. The van der Waals surface area contributed by atoms with Crippen LogP contribution in [0.4, 0.5) is 4.39 Å². The molecule has 78 valence electrons. The lowest BCUT2D eigenvalue weighted by Crippen LogP contribution is -2.02. The Kier molecular flexibility index (Phi) is 2.68.